The molecule has 0 amide bonds. The summed E-state index contributed by atoms with van der Waals surface area (Å²) in [5.74, 6) is 1.82. The maximum absolute atomic E-state index is 13.6. The number of carbonyl (C=O) groups excluding carboxylic acids is 1. The van der Waals surface area contributed by atoms with E-state index in [9.17, 15) is 9.90 Å². The second kappa shape index (κ2) is 7.75. The van der Waals surface area contributed by atoms with Gasteiger partial charge in [0.05, 0.1) is 31.4 Å². The predicted octanol–water partition coefficient (Wildman–Crippen LogP) is 4.66. The number of nitrogens with one attached hydrogen (secondary N) is 1. The van der Waals surface area contributed by atoms with Gasteiger partial charge in [-0.2, -0.15) is 0 Å². The number of aryl methyl sites for hydroxylation is 1. The number of hydrogen-bond donors (Lipinski definition) is 2. The van der Waals surface area contributed by atoms with Crippen LogP contribution in [-0.4, -0.2) is 30.3 Å². The summed E-state index contributed by atoms with van der Waals surface area (Å²) >= 11 is 0. The quantitative estimate of drug-likeness (QED) is 0.619. The van der Waals surface area contributed by atoms with Crippen molar-refractivity contribution in [3.63, 3.8) is 0 Å². The lowest BCUT2D eigenvalue weighted by molar-refractivity contribution is -0.116. The molecule has 0 saturated heterocycles. The number of phenols is 1. The number of allylic oxidation sites excluding steroid dienone is 2. The number of fused-ring (bicyclic) bond motifs is 1. The van der Waals surface area contributed by atoms with Gasteiger partial charge in [-0.25, -0.2) is 0 Å². The van der Waals surface area contributed by atoms with Crippen molar-refractivity contribution in [3.05, 3.63) is 76.1 Å². The van der Waals surface area contributed by atoms with Crippen LogP contribution in [-0.2, 0) is 4.79 Å². The Hall–Kier alpha value is -3.74. The van der Waals surface area contributed by atoms with Crippen molar-refractivity contribution in [1.82, 2.24) is 5.16 Å². The first-order valence-corrected chi connectivity index (χ1v) is 10.5. The van der Waals surface area contributed by atoms with Gasteiger partial charge in [0.15, 0.2) is 5.78 Å². The molecular weight excluding hydrogens is 408 g/mol. The van der Waals surface area contributed by atoms with Crippen LogP contribution >= 0.6 is 0 Å². The fraction of sp³-hybridized carbons (Fsp3) is 0.280. The van der Waals surface area contributed by atoms with Crippen LogP contribution in [0.1, 0.15) is 47.1 Å². The van der Waals surface area contributed by atoms with E-state index in [1.807, 2.05) is 37.3 Å². The van der Waals surface area contributed by atoms with Crippen LogP contribution in [0.4, 0.5) is 5.88 Å². The van der Waals surface area contributed by atoms with E-state index in [0.29, 0.717) is 35.8 Å². The maximum Gasteiger partial charge on any atom is 0.233 e. The third kappa shape index (κ3) is 3.21. The first kappa shape index (κ1) is 20.2. The fourth-order valence-electron chi connectivity index (χ4n) is 4.83. The van der Waals surface area contributed by atoms with Crippen molar-refractivity contribution in [3.8, 4) is 17.2 Å². The van der Waals surface area contributed by atoms with Gasteiger partial charge in [-0.05, 0) is 55.2 Å². The largest absolute Gasteiger partial charge is 0.508 e. The minimum atomic E-state index is -0.370. The van der Waals surface area contributed by atoms with Crippen molar-refractivity contribution in [2.45, 2.75) is 31.6 Å². The van der Waals surface area contributed by atoms with E-state index in [4.69, 9.17) is 14.0 Å². The average molecular weight is 432 g/mol. The molecule has 0 saturated carbocycles. The van der Waals surface area contributed by atoms with Gasteiger partial charge in [0.1, 0.15) is 17.2 Å². The predicted molar refractivity (Wildman–Crippen MR) is 118 cm³/mol. The van der Waals surface area contributed by atoms with Gasteiger partial charge in [0.25, 0.3) is 0 Å². The van der Waals surface area contributed by atoms with Gasteiger partial charge >= 0.3 is 0 Å². The zero-order valence-electron chi connectivity index (χ0n) is 18.1. The van der Waals surface area contributed by atoms with Crippen LogP contribution in [0.15, 0.2) is 58.3 Å². The Bertz CT molecular complexity index is 1230. The Kier molecular flexibility index (Phi) is 4.89. The summed E-state index contributed by atoms with van der Waals surface area (Å²) in [5.41, 5.74) is 4.96. The average Bonchev–Trinajstić information content (AvgIpc) is 3.17. The molecule has 7 nitrogen and oxygen atoms in total. The number of methoxy groups -OCH3 is 2. The molecular formula is C25H24N2O5. The number of carbonyl (C=O) groups is 1. The maximum atomic E-state index is 13.6. The normalized spacial score (nSPS) is 19.8. The summed E-state index contributed by atoms with van der Waals surface area (Å²) in [5, 5.41) is 17.1. The third-order valence-corrected chi connectivity index (χ3v) is 6.37. The standard InChI is InChI=1S/C25H24N2O5/c1-13-22-23(18-12-17(30-2)8-9-21(18)31-3)24-19(26-25(22)32-27-13)10-15(11-20(24)29)14-4-6-16(28)7-5-14/h4-9,12,15,23,26,28H,10-11H2,1-3H3. The Morgan fingerprint density at radius 2 is 1.88 bits per heavy atom. The molecule has 3 aromatic rings. The molecule has 0 radical (unpaired) electrons. The molecule has 0 fully saturated rings. The zero-order chi connectivity index (χ0) is 22.4. The van der Waals surface area contributed by atoms with E-state index in [0.717, 1.165) is 28.1 Å². The fourth-order valence-corrected chi connectivity index (χ4v) is 4.83. The number of aromatic nitrogens is 1. The van der Waals surface area contributed by atoms with E-state index < -0.39 is 0 Å². The molecule has 2 atom stereocenters. The molecule has 1 aliphatic carbocycles. The summed E-state index contributed by atoms with van der Waals surface area (Å²) in [6.45, 7) is 1.88. The highest BCUT2D eigenvalue weighted by molar-refractivity contribution is 6.01. The second-order valence-electron chi connectivity index (χ2n) is 8.19. The van der Waals surface area contributed by atoms with Crippen molar-refractivity contribution in [2.75, 3.05) is 19.5 Å². The summed E-state index contributed by atoms with van der Waals surface area (Å²) in [7, 11) is 3.23. The van der Waals surface area contributed by atoms with Gasteiger partial charge in [0, 0.05) is 23.3 Å². The molecule has 2 aliphatic rings. The number of hydrogen-bond acceptors (Lipinski definition) is 7. The first-order valence-electron chi connectivity index (χ1n) is 10.5. The summed E-state index contributed by atoms with van der Waals surface area (Å²) < 4.78 is 16.7. The van der Waals surface area contributed by atoms with E-state index in [1.165, 1.54) is 0 Å². The van der Waals surface area contributed by atoms with Crippen LogP contribution in [0.5, 0.6) is 17.2 Å². The van der Waals surface area contributed by atoms with E-state index in [2.05, 4.69) is 10.5 Å². The van der Waals surface area contributed by atoms with Crippen molar-refractivity contribution in [1.29, 1.82) is 0 Å². The zero-order valence-corrected chi connectivity index (χ0v) is 18.1. The van der Waals surface area contributed by atoms with Crippen LogP contribution < -0.4 is 14.8 Å². The molecule has 0 bridgehead atoms. The lowest BCUT2D eigenvalue weighted by Crippen LogP contribution is -2.29. The molecule has 0 spiro atoms. The van der Waals surface area contributed by atoms with Gasteiger partial charge in [-0.3, -0.25) is 4.79 Å². The molecule has 7 heteroatoms. The summed E-state index contributed by atoms with van der Waals surface area (Å²) in [6.07, 6.45) is 1.03. The lowest BCUT2D eigenvalue weighted by Gasteiger charge is -2.35. The number of benzene rings is 2. The Balaban J connectivity index is 1.65. The molecule has 2 aromatic carbocycles. The SMILES string of the molecule is COc1ccc(OC)c(C2C3=C(CC(c4ccc(O)cc4)CC3=O)Nc3onc(C)c32)c1. The van der Waals surface area contributed by atoms with Gasteiger partial charge < -0.3 is 24.4 Å². The number of anilines is 1. The molecule has 2 unspecified atom stereocenters. The van der Waals surface area contributed by atoms with Gasteiger partial charge in [-0.15, -0.1) is 0 Å². The minimum absolute atomic E-state index is 0.00720. The number of ether oxygens (including phenoxy) is 2. The van der Waals surface area contributed by atoms with E-state index >= 15 is 0 Å². The molecule has 1 aromatic heterocycles. The van der Waals surface area contributed by atoms with E-state index in [-0.39, 0.29) is 23.4 Å². The number of aromatic hydroxyl groups is 1. The molecule has 2 heterocycles. The molecule has 32 heavy (non-hydrogen) atoms. The number of rotatable bonds is 4. The van der Waals surface area contributed by atoms with Crippen molar-refractivity contribution in [2.24, 2.45) is 0 Å². The molecule has 5 rings (SSSR count). The van der Waals surface area contributed by atoms with E-state index in [1.54, 1.807) is 26.4 Å². The van der Waals surface area contributed by atoms with Crippen LogP contribution in [0.3, 0.4) is 0 Å². The molecule has 1 aliphatic heterocycles. The van der Waals surface area contributed by atoms with Gasteiger partial charge in [0.2, 0.25) is 5.88 Å². The summed E-state index contributed by atoms with van der Waals surface area (Å²) in [4.78, 5) is 13.6. The van der Waals surface area contributed by atoms with Crippen molar-refractivity contribution >= 4 is 11.7 Å². The molecule has 2 N–H and O–H groups in total. The number of Topliss-reactive ketones (excluding diaryl/α,β-unsaturated/α-hetero) is 1. The van der Waals surface area contributed by atoms with Crippen LogP contribution in [0.2, 0.25) is 0 Å². The highest BCUT2D eigenvalue weighted by Gasteiger charge is 2.42. The molecule has 164 valence electrons. The highest BCUT2D eigenvalue weighted by Crippen LogP contribution is 2.51. The second-order valence-corrected chi connectivity index (χ2v) is 8.19. The van der Waals surface area contributed by atoms with Crippen molar-refractivity contribution < 1.29 is 23.9 Å². The third-order valence-electron chi connectivity index (χ3n) is 6.37. The van der Waals surface area contributed by atoms with Gasteiger partial charge in [-0.1, -0.05) is 17.3 Å². The van der Waals surface area contributed by atoms with Crippen LogP contribution in [0.25, 0.3) is 0 Å². The number of phenolic OH excluding ortho intramolecular Hbond substituents is 1. The Morgan fingerprint density at radius 1 is 1.09 bits per heavy atom. The Morgan fingerprint density at radius 3 is 2.59 bits per heavy atom. The number of ketones is 1. The van der Waals surface area contributed by atoms with Crippen LogP contribution in [0, 0.1) is 6.92 Å². The lowest BCUT2D eigenvalue weighted by atomic mass is 9.72. The topological polar surface area (TPSA) is 93.8 Å². The minimum Gasteiger partial charge on any atom is -0.508 e. The Labute approximate surface area is 185 Å². The monoisotopic (exact) mass is 432 g/mol. The number of nitrogens with zero attached hydrogens (tertiary/aromatic N) is 1. The smallest absolute Gasteiger partial charge is 0.233 e. The first-order chi connectivity index (χ1) is 15.5. The highest BCUT2D eigenvalue weighted by atomic mass is 16.5. The summed E-state index contributed by atoms with van der Waals surface area (Å²) in [6, 6.07) is 12.6.